The Morgan fingerprint density at radius 1 is 1.23 bits per heavy atom. The fourth-order valence-electron chi connectivity index (χ4n) is 3.15. The van der Waals surface area contributed by atoms with E-state index in [9.17, 15) is 4.79 Å². The lowest BCUT2D eigenvalue weighted by Gasteiger charge is -2.26. The van der Waals surface area contributed by atoms with Crippen molar-refractivity contribution in [3.63, 3.8) is 0 Å². The third-order valence-electron chi connectivity index (χ3n) is 4.60. The molecule has 2 aromatic heterocycles. The zero-order valence-electron chi connectivity index (χ0n) is 14.5. The van der Waals surface area contributed by atoms with E-state index < -0.39 is 0 Å². The summed E-state index contributed by atoms with van der Waals surface area (Å²) in [5, 5.41) is 6.29. The smallest absolute Gasteiger partial charge is 0.251 e. The molecule has 4 rings (SSSR count). The first-order chi connectivity index (χ1) is 12.8. The Balaban J connectivity index is 1.44. The number of carbonyl (C=O) groups excluding carboxylic acids is 1. The third kappa shape index (κ3) is 3.77. The van der Waals surface area contributed by atoms with Gasteiger partial charge >= 0.3 is 0 Å². The van der Waals surface area contributed by atoms with Crippen molar-refractivity contribution in [2.24, 2.45) is 0 Å². The molecule has 1 fully saturated rings. The second kappa shape index (κ2) is 7.95. The SMILES string of the molecule is O=C(NCCN1CCOCC1)c1ccnc(-c2csc3ccccc23)c1. The van der Waals surface area contributed by atoms with Crippen LogP contribution < -0.4 is 5.32 Å². The highest BCUT2D eigenvalue weighted by Crippen LogP contribution is 2.32. The van der Waals surface area contributed by atoms with Gasteiger partial charge in [-0.25, -0.2) is 0 Å². The zero-order chi connectivity index (χ0) is 17.8. The molecule has 1 N–H and O–H groups in total. The van der Waals surface area contributed by atoms with Crippen molar-refractivity contribution in [2.45, 2.75) is 0 Å². The molecular weight excluding hydrogens is 346 g/mol. The van der Waals surface area contributed by atoms with Crippen LogP contribution in [0.4, 0.5) is 0 Å². The van der Waals surface area contributed by atoms with Crippen molar-refractivity contribution >= 4 is 27.3 Å². The van der Waals surface area contributed by atoms with Crippen LogP contribution >= 0.6 is 11.3 Å². The van der Waals surface area contributed by atoms with Gasteiger partial charge in [0.15, 0.2) is 0 Å². The lowest BCUT2D eigenvalue weighted by atomic mass is 10.1. The van der Waals surface area contributed by atoms with Gasteiger partial charge in [0.25, 0.3) is 5.91 Å². The van der Waals surface area contributed by atoms with Gasteiger partial charge in [-0.3, -0.25) is 14.7 Å². The largest absolute Gasteiger partial charge is 0.379 e. The van der Waals surface area contributed by atoms with E-state index in [1.165, 1.54) is 10.1 Å². The van der Waals surface area contributed by atoms with E-state index in [1.807, 2.05) is 18.2 Å². The van der Waals surface area contributed by atoms with Crippen molar-refractivity contribution in [1.29, 1.82) is 0 Å². The summed E-state index contributed by atoms with van der Waals surface area (Å²) in [5.41, 5.74) is 2.56. The van der Waals surface area contributed by atoms with Crippen LogP contribution in [0.25, 0.3) is 21.3 Å². The highest BCUT2D eigenvalue weighted by molar-refractivity contribution is 7.17. The molecule has 0 aliphatic carbocycles. The molecule has 3 heterocycles. The Kier molecular flexibility index (Phi) is 5.24. The number of nitrogens with one attached hydrogen (secondary N) is 1. The molecule has 6 heteroatoms. The Bertz CT molecular complexity index is 903. The maximum Gasteiger partial charge on any atom is 0.251 e. The molecule has 3 aromatic rings. The molecule has 1 amide bonds. The fraction of sp³-hybridized carbons (Fsp3) is 0.300. The van der Waals surface area contributed by atoms with Crippen LogP contribution in [-0.4, -0.2) is 55.2 Å². The molecule has 1 aliphatic rings. The average molecular weight is 367 g/mol. The van der Waals surface area contributed by atoms with E-state index in [1.54, 1.807) is 23.6 Å². The number of nitrogens with zero attached hydrogens (tertiary/aromatic N) is 2. The maximum atomic E-state index is 12.5. The fourth-order valence-corrected chi connectivity index (χ4v) is 4.10. The summed E-state index contributed by atoms with van der Waals surface area (Å²) in [4.78, 5) is 19.3. The lowest BCUT2D eigenvalue weighted by Crippen LogP contribution is -2.41. The lowest BCUT2D eigenvalue weighted by molar-refractivity contribution is 0.0383. The van der Waals surface area contributed by atoms with Crippen molar-refractivity contribution < 1.29 is 9.53 Å². The number of aromatic nitrogens is 1. The molecule has 0 atom stereocenters. The van der Waals surface area contributed by atoms with Gasteiger partial charge in [-0.05, 0) is 18.2 Å². The summed E-state index contributed by atoms with van der Waals surface area (Å²) in [7, 11) is 0. The molecule has 5 nitrogen and oxygen atoms in total. The van der Waals surface area contributed by atoms with Crippen LogP contribution in [-0.2, 0) is 4.74 Å². The Labute approximate surface area is 156 Å². The first kappa shape index (κ1) is 17.1. The van der Waals surface area contributed by atoms with E-state index in [-0.39, 0.29) is 5.91 Å². The average Bonchev–Trinajstić information content (AvgIpc) is 3.13. The highest BCUT2D eigenvalue weighted by atomic mass is 32.1. The molecule has 0 bridgehead atoms. The van der Waals surface area contributed by atoms with Gasteiger partial charge in [0.1, 0.15) is 0 Å². The first-order valence-corrected chi connectivity index (χ1v) is 9.70. The van der Waals surface area contributed by atoms with Gasteiger partial charge in [0, 0.05) is 59.0 Å². The number of benzene rings is 1. The van der Waals surface area contributed by atoms with Gasteiger partial charge in [0.2, 0.25) is 0 Å². The number of hydrogen-bond acceptors (Lipinski definition) is 5. The molecular formula is C20H21N3O2S. The number of ether oxygens (including phenoxy) is 1. The predicted molar refractivity (Wildman–Crippen MR) is 105 cm³/mol. The van der Waals surface area contributed by atoms with Crippen LogP contribution in [0.2, 0.25) is 0 Å². The van der Waals surface area contributed by atoms with E-state index in [2.05, 4.69) is 32.7 Å². The molecule has 26 heavy (non-hydrogen) atoms. The summed E-state index contributed by atoms with van der Waals surface area (Å²) in [5.74, 6) is -0.0542. The summed E-state index contributed by atoms with van der Waals surface area (Å²) in [6.07, 6.45) is 1.71. The van der Waals surface area contributed by atoms with Crippen LogP contribution in [0.3, 0.4) is 0 Å². The van der Waals surface area contributed by atoms with Gasteiger partial charge in [0.05, 0.1) is 18.9 Å². The number of pyridine rings is 1. The minimum Gasteiger partial charge on any atom is -0.379 e. The van der Waals surface area contributed by atoms with Gasteiger partial charge < -0.3 is 10.1 Å². The molecule has 1 saturated heterocycles. The second-order valence-electron chi connectivity index (χ2n) is 6.29. The van der Waals surface area contributed by atoms with Crippen molar-refractivity contribution in [2.75, 3.05) is 39.4 Å². The number of hydrogen-bond donors (Lipinski definition) is 1. The summed E-state index contributed by atoms with van der Waals surface area (Å²) in [6.45, 7) is 4.90. The van der Waals surface area contributed by atoms with Crippen molar-refractivity contribution in [1.82, 2.24) is 15.2 Å². The van der Waals surface area contributed by atoms with Gasteiger partial charge in [-0.15, -0.1) is 11.3 Å². The maximum absolute atomic E-state index is 12.5. The van der Waals surface area contributed by atoms with E-state index in [4.69, 9.17) is 4.74 Å². The number of morpholine rings is 1. The normalized spacial score (nSPS) is 15.2. The predicted octanol–water partition coefficient (Wildman–Crippen LogP) is 3.03. The Hall–Kier alpha value is -2.28. The number of fused-ring (bicyclic) bond motifs is 1. The summed E-state index contributed by atoms with van der Waals surface area (Å²) in [6, 6.07) is 11.9. The van der Waals surface area contributed by atoms with Crippen LogP contribution in [0.1, 0.15) is 10.4 Å². The molecule has 0 radical (unpaired) electrons. The second-order valence-corrected chi connectivity index (χ2v) is 7.20. The molecule has 134 valence electrons. The zero-order valence-corrected chi connectivity index (χ0v) is 15.3. The number of thiophene rings is 1. The van der Waals surface area contributed by atoms with Crippen molar-refractivity contribution in [3.8, 4) is 11.3 Å². The third-order valence-corrected chi connectivity index (χ3v) is 5.56. The quantitative estimate of drug-likeness (QED) is 0.753. The first-order valence-electron chi connectivity index (χ1n) is 8.82. The highest BCUT2D eigenvalue weighted by Gasteiger charge is 2.13. The van der Waals surface area contributed by atoms with Crippen molar-refractivity contribution in [3.05, 3.63) is 53.5 Å². The molecule has 0 unspecified atom stereocenters. The van der Waals surface area contributed by atoms with E-state index in [0.29, 0.717) is 12.1 Å². The van der Waals surface area contributed by atoms with Gasteiger partial charge in [-0.2, -0.15) is 0 Å². The van der Waals surface area contributed by atoms with Crippen LogP contribution in [0.5, 0.6) is 0 Å². The van der Waals surface area contributed by atoms with Crippen LogP contribution in [0.15, 0.2) is 48.0 Å². The molecule has 0 saturated carbocycles. The van der Waals surface area contributed by atoms with E-state index >= 15 is 0 Å². The number of carbonyl (C=O) groups is 1. The number of amides is 1. The molecule has 1 aromatic carbocycles. The molecule has 1 aliphatic heterocycles. The number of rotatable bonds is 5. The summed E-state index contributed by atoms with van der Waals surface area (Å²) < 4.78 is 6.57. The topological polar surface area (TPSA) is 54.5 Å². The van der Waals surface area contributed by atoms with Gasteiger partial charge in [-0.1, -0.05) is 18.2 Å². The minimum atomic E-state index is -0.0542. The minimum absolute atomic E-state index is 0.0542. The van der Waals surface area contributed by atoms with E-state index in [0.717, 1.165) is 44.1 Å². The van der Waals surface area contributed by atoms with Crippen LogP contribution in [0, 0.1) is 0 Å². The standard InChI is InChI=1S/C20H21N3O2S/c24-20(22-7-8-23-9-11-25-12-10-23)15-5-6-21-18(13-15)17-14-26-19-4-2-1-3-16(17)19/h1-6,13-14H,7-12H2,(H,22,24). The Morgan fingerprint density at radius 3 is 2.96 bits per heavy atom. The monoisotopic (exact) mass is 367 g/mol. The summed E-state index contributed by atoms with van der Waals surface area (Å²) >= 11 is 1.70. The Morgan fingerprint density at radius 2 is 2.08 bits per heavy atom. The molecule has 0 spiro atoms.